The van der Waals surface area contributed by atoms with E-state index in [4.69, 9.17) is 10.5 Å². The predicted molar refractivity (Wildman–Crippen MR) is 122 cm³/mol. The lowest BCUT2D eigenvalue weighted by molar-refractivity contribution is -0.139. The van der Waals surface area contributed by atoms with Crippen LogP contribution in [0.25, 0.3) is 0 Å². The number of fused-ring (bicyclic) bond motifs is 2. The number of amides is 1. The molecule has 2 aliphatic carbocycles. The number of methoxy groups -OCH3 is 1. The monoisotopic (exact) mass is 443 g/mol. The van der Waals surface area contributed by atoms with E-state index in [1.54, 1.807) is 7.11 Å². The topological polar surface area (TPSA) is 67.6 Å². The molecule has 2 unspecified atom stereocenters. The van der Waals surface area contributed by atoms with Crippen LogP contribution in [0.15, 0.2) is 24.3 Å². The highest BCUT2D eigenvalue weighted by molar-refractivity contribution is 5.85. The van der Waals surface area contributed by atoms with Gasteiger partial charge in [-0.1, -0.05) is 12.5 Å². The molecule has 2 atom stereocenters. The number of benzene rings is 1. The smallest absolute Gasteiger partial charge is 0.225 e. The molecule has 1 aromatic rings. The Bertz CT molecular complexity index is 653. The number of nitrogens with one attached hydrogen (secondary N) is 1. The average molecular weight is 444 g/mol. The molecule has 3 aliphatic rings. The summed E-state index contributed by atoms with van der Waals surface area (Å²) in [6.45, 7) is 1.72. The zero-order chi connectivity index (χ0) is 18.8. The lowest BCUT2D eigenvalue weighted by atomic mass is 9.65. The molecular weight excluding hydrogens is 409 g/mol. The minimum absolute atomic E-state index is 0. The van der Waals surface area contributed by atoms with Gasteiger partial charge in [0.2, 0.25) is 5.91 Å². The maximum Gasteiger partial charge on any atom is 0.225 e. The number of hydrogen-bond donors (Lipinski definition) is 2. The van der Waals surface area contributed by atoms with Crippen LogP contribution in [0.2, 0.25) is 0 Å². The zero-order valence-corrected chi connectivity index (χ0v) is 18.9. The fraction of sp³-hybridized carbons (Fsp3) is 0.682. The predicted octanol–water partition coefficient (Wildman–Crippen LogP) is 4.10. The molecule has 1 amide bonds. The molecule has 164 valence electrons. The van der Waals surface area contributed by atoms with Crippen molar-refractivity contribution in [1.29, 1.82) is 0 Å². The number of ether oxygens (including phenoxy) is 1. The number of halogens is 2. The Morgan fingerprint density at radius 3 is 2.38 bits per heavy atom. The number of likely N-dealkylation sites (tertiary alicyclic amines) is 1. The van der Waals surface area contributed by atoms with Crippen molar-refractivity contribution in [2.24, 2.45) is 23.5 Å². The molecule has 0 spiro atoms. The lowest BCUT2D eigenvalue weighted by Crippen LogP contribution is -2.51. The summed E-state index contributed by atoms with van der Waals surface area (Å²) in [4.78, 5) is 15.2. The minimum atomic E-state index is 0. The molecule has 3 fully saturated rings. The van der Waals surface area contributed by atoms with Crippen molar-refractivity contribution in [3.05, 3.63) is 24.3 Å². The van der Waals surface area contributed by atoms with E-state index in [1.165, 1.54) is 19.3 Å². The maximum absolute atomic E-state index is 13.1. The second kappa shape index (κ2) is 10.7. The fourth-order valence-corrected chi connectivity index (χ4v) is 5.44. The minimum Gasteiger partial charge on any atom is -0.497 e. The number of piperidine rings is 1. The van der Waals surface area contributed by atoms with Crippen molar-refractivity contribution in [3.63, 3.8) is 0 Å². The van der Waals surface area contributed by atoms with Crippen molar-refractivity contribution in [1.82, 2.24) is 4.90 Å². The van der Waals surface area contributed by atoms with Crippen LogP contribution < -0.4 is 15.8 Å². The number of rotatable bonds is 4. The summed E-state index contributed by atoms with van der Waals surface area (Å²) >= 11 is 0. The van der Waals surface area contributed by atoms with E-state index in [0.717, 1.165) is 50.2 Å². The SMILES string of the molecule is COc1cccc(NC2CCN(C(=O)C3CC4CCCC(C3)C4N)CC2)c1.Cl.Cl. The third-order valence-electron chi connectivity index (χ3n) is 7.01. The van der Waals surface area contributed by atoms with Gasteiger partial charge in [-0.2, -0.15) is 0 Å². The molecule has 1 heterocycles. The number of nitrogens with two attached hydrogens (primary N) is 1. The van der Waals surface area contributed by atoms with Gasteiger partial charge >= 0.3 is 0 Å². The van der Waals surface area contributed by atoms with Gasteiger partial charge in [0.05, 0.1) is 7.11 Å². The Kier molecular flexibility index (Phi) is 8.92. The van der Waals surface area contributed by atoms with Gasteiger partial charge in [0, 0.05) is 42.8 Å². The van der Waals surface area contributed by atoms with Crippen molar-refractivity contribution in [3.8, 4) is 5.75 Å². The molecule has 0 aromatic heterocycles. The summed E-state index contributed by atoms with van der Waals surface area (Å²) < 4.78 is 5.30. The summed E-state index contributed by atoms with van der Waals surface area (Å²) in [6, 6.07) is 8.81. The molecule has 1 aromatic carbocycles. The first-order chi connectivity index (χ1) is 13.1. The van der Waals surface area contributed by atoms with Gasteiger partial charge < -0.3 is 20.7 Å². The third-order valence-corrected chi connectivity index (χ3v) is 7.01. The Balaban J connectivity index is 0.00000150. The largest absolute Gasteiger partial charge is 0.497 e. The van der Waals surface area contributed by atoms with Crippen LogP contribution in [0.1, 0.15) is 44.9 Å². The summed E-state index contributed by atoms with van der Waals surface area (Å²) in [5.41, 5.74) is 7.49. The summed E-state index contributed by atoms with van der Waals surface area (Å²) in [5.74, 6) is 2.60. The van der Waals surface area contributed by atoms with Crippen LogP contribution in [0.3, 0.4) is 0 Å². The Hall–Kier alpha value is -1.17. The van der Waals surface area contributed by atoms with Gasteiger partial charge in [-0.3, -0.25) is 4.79 Å². The van der Waals surface area contributed by atoms with E-state index in [-0.39, 0.29) is 30.7 Å². The second-order valence-electron chi connectivity index (χ2n) is 8.67. The second-order valence-corrected chi connectivity index (χ2v) is 8.67. The van der Waals surface area contributed by atoms with Crippen LogP contribution in [-0.4, -0.2) is 43.1 Å². The number of carbonyl (C=O) groups excluding carboxylic acids is 1. The first kappa shape index (κ1) is 24.1. The van der Waals surface area contributed by atoms with Gasteiger partial charge in [-0.25, -0.2) is 0 Å². The Labute approximate surface area is 186 Å². The van der Waals surface area contributed by atoms with Gasteiger partial charge in [-0.15, -0.1) is 24.8 Å². The highest BCUT2D eigenvalue weighted by Crippen LogP contribution is 2.42. The summed E-state index contributed by atoms with van der Waals surface area (Å²) in [6.07, 6.45) is 7.76. The maximum atomic E-state index is 13.1. The Morgan fingerprint density at radius 1 is 1.10 bits per heavy atom. The van der Waals surface area contributed by atoms with Gasteiger partial charge in [-0.05, 0) is 62.5 Å². The van der Waals surface area contributed by atoms with Crippen molar-refractivity contribution in [2.75, 3.05) is 25.5 Å². The van der Waals surface area contributed by atoms with E-state index in [1.807, 2.05) is 18.2 Å². The lowest BCUT2D eigenvalue weighted by Gasteiger charge is -2.45. The number of anilines is 1. The molecule has 2 bridgehead atoms. The highest BCUT2D eigenvalue weighted by atomic mass is 35.5. The fourth-order valence-electron chi connectivity index (χ4n) is 5.44. The normalized spacial score (nSPS) is 29.2. The molecule has 2 saturated carbocycles. The van der Waals surface area contributed by atoms with Crippen LogP contribution in [0.5, 0.6) is 5.75 Å². The average Bonchev–Trinajstić information content (AvgIpc) is 2.68. The van der Waals surface area contributed by atoms with Crippen LogP contribution in [-0.2, 0) is 4.79 Å². The molecule has 4 rings (SSSR count). The number of hydrogen-bond acceptors (Lipinski definition) is 4. The quantitative estimate of drug-likeness (QED) is 0.734. The standard InChI is InChI=1S/C22H33N3O2.2ClH/c1-27-20-7-3-6-19(14-20)24-18-8-10-25(11-9-18)22(26)17-12-15-4-2-5-16(13-17)21(15)23;;/h3,6-7,14-18,21,24H,2,4-5,8-13,23H2,1H3;2*1H. The molecule has 1 aliphatic heterocycles. The zero-order valence-electron chi connectivity index (χ0n) is 17.2. The Morgan fingerprint density at radius 2 is 1.76 bits per heavy atom. The van der Waals surface area contributed by atoms with Crippen LogP contribution >= 0.6 is 24.8 Å². The molecule has 7 heteroatoms. The van der Waals surface area contributed by atoms with Crippen LogP contribution in [0.4, 0.5) is 5.69 Å². The third kappa shape index (κ3) is 5.50. The number of carbonyl (C=O) groups is 1. The molecule has 3 N–H and O–H groups in total. The van der Waals surface area contributed by atoms with E-state index >= 15 is 0 Å². The highest BCUT2D eigenvalue weighted by Gasteiger charge is 2.41. The molecular formula is C22H35Cl2N3O2. The van der Waals surface area contributed by atoms with E-state index in [0.29, 0.717) is 29.8 Å². The van der Waals surface area contributed by atoms with E-state index in [9.17, 15) is 4.79 Å². The summed E-state index contributed by atoms with van der Waals surface area (Å²) in [7, 11) is 1.69. The van der Waals surface area contributed by atoms with E-state index in [2.05, 4.69) is 16.3 Å². The van der Waals surface area contributed by atoms with Gasteiger partial charge in [0.25, 0.3) is 0 Å². The molecule has 0 radical (unpaired) electrons. The van der Waals surface area contributed by atoms with Crippen LogP contribution in [0, 0.1) is 17.8 Å². The van der Waals surface area contributed by atoms with Gasteiger partial charge in [0.1, 0.15) is 5.75 Å². The van der Waals surface area contributed by atoms with Crippen molar-refractivity contribution >= 4 is 36.4 Å². The molecule has 5 nitrogen and oxygen atoms in total. The van der Waals surface area contributed by atoms with Crippen molar-refractivity contribution < 1.29 is 9.53 Å². The molecule has 29 heavy (non-hydrogen) atoms. The summed E-state index contributed by atoms with van der Waals surface area (Å²) in [5, 5.41) is 3.60. The van der Waals surface area contributed by atoms with Crippen molar-refractivity contribution in [2.45, 2.75) is 57.0 Å². The number of nitrogens with zero attached hydrogens (tertiary/aromatic N) is 1. The van der Waals surface area contributed by atoms with Gasteiger partial charge in [0.15, 0.2) is 0 Å². The van der Waals surface area contributed by atoms with E-state index < -0.39 is 0 Å². The first-order valence-corrected chi connectivity index (χ1v) is 10.6. The first-order valence-electron chi connectivity index (χ1n) is 10.6. The molecule has 1 saturated heterocycles.